The molecule has 3 aromatic rings. The third kappa shape index (κ3) is 3.46. The second-order valence-corrected chi connectivity index (χ2v) is 10.2. The van der Waals surface area contributed by atoms with Crippen molar-refractivity contribution in [3.8, 4) is 0 Å². The van der Waals surface area contributed by atoms with Crippen LogP contribution >= 0.6 is 11.3 Å². The number of ketones is 1. The fourth-order valence-corrected chi connectivity index (χ4v) is 6.58. The molecule has 2 aliphatic rings. The highest BCUT2D eigenvalue weighted by Gasteiger charge is 2.56. The van der Waals surface area contributed by atoms with Crippen molar-refractivity contribution >= 4 is 39.3 Å². The second kappa shape index (κ2) is 8.47. The summed E-state index contributed by atoms with van der Waals surface area (Å²) in [4.78, 5) is 45.3. The summed E-state index contributed by atoms with van der Waals surface area (Å²) in [5.74, 6) is 0.116. The highest BCUT2D eigenvalue weighted by Crippen LogP contribution is 2.52. The summed E-state index contributed by atoms with van der Waals surface area (Å²) in [7, 11) is 0. The molecule has 3 aromatic heterocycles. The molecular weight excluding hydrogens is 450 g/mol. The van der Waals surface area contributed by atoms with E-state index < -0.39 is 5.91 Å². The number of pyridine rings is 1. The number of aromatic nitrogens is 3. The standard InChI is InChI=1S/C24H25N5O3S.CH4/c1-12(2)18-21-13(3)19(14(4)29(21)23(18)32)16-9-28-11-26-20(24(28)33-16)22(31)15-6-5-7-27(8-15)10-17(25)30;/h5-9,11-13,18,21H,10H2,1-4H3,(H-,25,30);1H4/p+1/t13-,18+,21+;/m0./s1. The molecule has 9 heteroatoms. The van der Waals surface area contributed by atoms with Crippen molar-refractivity contribution in [1.29, 1.82) is 0 Å². The number of hydrogen-bond donors (Lipinski definition) is 1. The SMILES string of the molecule is C.CC1=C(c2cn3cnc(C(=O)c4ccc[n+](CC(N)=O)c4)c3s2)[C@H](C)[C@@H]2[C@@H](C(C)C)C(=O)N12. The van der Waals surface area contributed by atoms with Crippen LogP contribution in [0.1, 0.15) is 56.1 Å². The van der Waals surface area contributed by atoms with E-state index in [9.17, 15) is 14.4 Å². The Morgan fingerprint density at radius 1 is 1.32 bits per heavy atom. The van der Waals surface area contributed by atoms with E-state index in [2.05, 4.69) is 25.8 Å². The van der Waals surface area contributed by atoms with Gasteiger partial charge in [0.05, 0.1) is 22.4 Å². The summed E-state index contributed by atoms with van der Waals surface area (Å²) in [6.07, 6.45) is 6.95. The van der Waals surface area contributed by atoms with Crippen LogP contribution in [0.25, 0.3) is 10.4 Å². The van der Waals surface area contributed by atoms with E-state index in [0.29, 0.717) is 17.2 Å². The molecule has 8 nitrogen and oxygen atoms in total. The van der Waals surface area contributed by atoms with Gasteiger partial charge in [-0.1, -0.05) is 28.2 Å². The molecular formula is C25H30N5O3S+. The largest absolute Gasteiger partial charge is 0.364 e. The molecule has 0 aliphatic carbocycles. The van der Waals surface area contributed by atoms with Crippen LogP contribution in [-0.4, -0.2) is 37.9 Å². The number of allylic oxidation sites excluding steroid dienone is 1. The van der Waals surface area contributed by atoms with Gasteiger partial charge in [-0.15, -0.1) is 11.3 Å². The summed E-state index contributed by atoms with van der Waals surface area (Å²) >= 11 is 1.52. The Kier molecular flexibility index (Phi) is 5.93. The first-order valence-electron chi connectivity index (χ1n) is 11.0. The zero-order valence-corrected chi connectivity index (χ0v) is 19.8. The Morgan fingerprint density at radius 2 is 2.06 bits per heavy atom. The fourth-order valence-electron chi connectivity index (χ4n) is 5.32. The number of β-lactam (4-membered cyclic amide) rings is 1. The number of carbonyl (C=O) groups excluding carboxylic acids is 3. The number of thiazole rings is 1. The number of amides is 2. The minimum atomic E-state index is -0.478. The van der Waals surface area contributed by atoms with Crippen molar-refractivity contribution < 1.29 is 19.0 Å². The number of carbonyl (C=O) groups is 3. The van der Waals surface area contributed by atoms with Crippen molar-refractivity contribution in [2.45, 2.75) is 47.7 Å². The first-order chi connectivity index (χ1) is 15.7. The number of hydrogen-bond acceptors (Lipinski definition) is 5. The third-order valence-corrected chi connectivity index (χ3v) is 7.92. The summed E-state index contributed by atoms with van der Waals surface area (Å²) in [6, 6.07) is 3.62. The number of nitrogens with zero attached hydrogens (tertiary/aromatic N) is 4. The van der Waals surface area contributed by atoms with Crippen LogP contribution in [0, 0.1) is 17.8 Å². The van der Waals surface area contributed by atoms with Crippen LogP contribution < -0.4 is 10.3 Å². The fraction of sp³-hybridized carbons (Fsp3) is 0.400. The van der Waals surface area contributed by atoms with Crippen LogP contribution in [0.5, 0.6) is 0 Å². The van der Waals surface area contributed by atoms with Gasteiger partial charge in [0.2, 0.25) is 18.2 Å². The van der Waals surface area contributed by atoms with Gasteiger partial charge in [-0.25, -0.2) is 4.98 Å². The number of primary amides is 1. The van der Waals surface area contributed by atoms with Crippen LogP contribution in [0.2, 0.25) is 0 Å². The lowest BCUT2D eigenvalue weighted by atomic mass is 9.74. The quantitative estimate of drug-likeness (QED) is 0.333. The molecule has 0 radical (unpaired) electrons. The lowest BCUT2D eigenvalue weighted by Crippen LogP contribution is -2.61. The second-order valence-electron chi connectivity index (χ2n) is 9.22. The highest BCUT2D eigenvalue weighted by molar-refractivity contribution is 7.18. The minimum Gasteiger partial charge on any atom is -0.364 e. The Bertz CT molecular complexity index is 1350. The van der Waals surface area contributed by atoms with E-state index in [-0.39, 0.29) is 43.5 Å². The molecule has 1 saturated heterocycles. The van der Waals surface area contributed by atoms with Crippen molar-refractivity contribution in [2.24, 2.45) is 23.5 Å². The first kappa shape index (κ1) is 23.8. The van der Waals surface area contributed by atoms with Gasteiger partial charge in [0, 0.05) is 23.9 Å². The number of rotatable bonds is 6. The summed E-state index contributed by atoms with van der Waals surface area (Å²) in [5, 5.41) is 0. The van der Waals surface area contributed by atoms with E-state index >= 15 is 0 Å². The topological polar surface area (TPSA) is 102 Å². The van der Waals surface area contributed by atoms with Gasteiger partial charge in [0.1, 0.15) is 16.9 Å². The van der Waals surface area contributed by atoms with Crippen molar-refractivity contribution in [1.82, 2.24) is 14.3 Å². The Balaban J connectivity index is 0.00000274. The molecule has 0 unspecified atom stereocenters. The molecule has 0 spiro atoms. The predicted octanol–water partition coefficient (Wildman–Crippen LogP) is 2.90. The van der Waals surface area contributed by atoms with Gasteiger partial charge in [0.15, 0.2) is 12.4 Å². The van der Waals surface area contributed by atoms with Crippen molar-refractivity contribution in [3.05, 3.63) is 58.9 Å². The number of imidazole rings is 1. The maximum Gasteiger partial charge on any atom is 0.283 e. The van der Waals surface area contributed by atoms with Gasteiger partial charge >= 0.3 is 0 Å². The molecule has 2 aliphatic heterocycles. The van der Waals surface area contributed by atoms with Gasteiger partial charge < -0.3 is 10.6 Å². The van der Waals surface area contributed by atoms with E-state index in [4.69, 9.17) is 5.73 Å². The molecule has 0 aromatic carbocycles. The zero-order chi connectivity index (χ0) is 23.6. The van der Waals surface area contributed by atoms with E-state index in [1.165, 1.54) is 16.9 Å². The summed E-state index contributed by atoms with van der Waals surface area (Å²) in [5.41, 5.74) is 8.26. The van der Waals surface area contributed by atoms with Crippen LogP contribution in [0.3, 0.4) is 0 Å². The minimum absolute atomic E-state index is 0. The maximum atomic E-state index is 13.2. The Morgan fingerprint density at radius 3 is 2.74 bits per heavy atom. The van der Waals surface area contributed by atoms with E-state index in [1.807, 2.05) is 22.4 Å². The van der Waals surface area contributed by atoms with Crippen LogP contribution in [-0.2, 0) is 16.1 Å². The normalized spacial score (nSPS) is 21.6. The lowest BCUT2D eigenvalue weighted by molar-refractivity contribution is -0.684. The van der Waals surface area contributed by atoms with Crippen LogP contribution in [0.4, 0.5) is 0 Å². The summed E-state index contributed by atoms with van der Waals surface area (Å²) < 4.78 is 3.46. The zero-order valence-electron chi connectivity index (χ0n) is 19.0. The molecule has 5 heterocycles. The van der Waals surface area contributed by atoms with Gasteiger partial charge in [-0.2, -0.15) is 4.57 Å². The maximum absolute atomic E-state index is 13.2. The smallest absolute Gasteiger partial charge is 0.283 e. The molecule has 2 amide bonds. The lowest BCUT2D eigenvalue weighted by Gasteiger charge is -2.47. The first-order valence-corrected chi connectivity index (χ1v) is 11.8. The average molecular weight is 481 g/mol. The molecule has 1 fully saturated rings. The predicted molar refractivity (Wildman–Crippen MR) is 130 cm³/mol. The summed E-state index contributed by atoms with van der Waals surface area (Å²) in [6.45, 7) is 8.42. The van der Waals surface area contributed by atoms with Crippen LogP contribution in [0.15, 0.2) is 42.7 Å². The molecule has 0 bridgehead atoms. The van der Waals surface area contributed by atoms with E-state index in [1.54, 1.807) is 35.4 Å². The molecule has 0 saturated carbocycles. The van der Waals surface area contributed by atoms with Gasteiger partial charge in [-0.3, -0.25) is 18.8 Å². The molecule has 5 rings (SSSR count). The number of nitrogens with two attached hydrogens (primary N) is 1. The van der Waals surface area contributed by atoms with E-state index in [0.717, 1.165) is 15.4 Å². The molecule has 178 valence electrons. The average Bonchev–Trinajstić information content (AvgIpc) is 3.36. The van der Waals surface area contributed by atoms with Crippen molar-refractivity contribution in [3.63, 3.8) is 0 Å². The monoisotopic (exact) mass is 480 g/mol. The Labute approximate surface area is 202 Å². The Hall–Kier alpha value is -3.33. The molecule has 2 N–H and O–H groups in total. The third-order valence-electron chi connectivity index (χ3n) is 6.78. The van der Waals surface area contributed by atoms with Gasteiger partial charge in [-0.05, 0) is 24.5 Å². The number of fused-ring (bicyclic) bond motifs is 2. The van der Waals surface area contributed by atoms with Gasteiger partial charge in [0.25, 0.3) is 5.91 Å². The molecule has 3 atom stereocenters. The highest BCUT2D eigenvalue weighted by atomic mass is 32.1. The van der Waals surface area contributed by atoms with Crippen molar-refractivity contribution in [2.75, 3.05) is 0 Å². The molecule has 34 heavy (non-hydrogen) atoms.